The lowest BCUT2D eigenvalue weighted by Gasteiger charge is -2.35. The van der Waals surface area contributed by atoms with Gasteiger partial charge in [-0.15, -0.1) is 24.8 Å². The fourth-order valence-electron chi connectivity index (χ4n) is 3.71. The van der Waals surface area contributed by atoms with Crippen LogP contribution in [0.3, 0.4) is 0 Å². The van der Waals surface area contributed by atoms with E-state index in [1.807, 2.05) is 6.07 Å². The first-order chi connectivity index (χ1) is 13.9. The zero-order valence-electron chi connectivity index (χ0n) is 19.4. The van der Waals surface area contributed by atoms with E-state index in [0.29, 0.717) is 31.6 Å². The third kappa shape index (κ3) is 10.1. The highest BCUT2D eigenvalue weighted by atomic mass is 35.5. The minimum Gasteiger partial charge on any atom is -0.493 e. The Kier molecular flexibility index (Phi) is 15.6. The molecule has 1 fully saturated rings. The molecule has 0 spiro atoms. The fourth-order valence-corrected chi connectivity index (χ4v) is 3.71. The summed E-state index contributed by atoms with van der Waals surface area (Å²) in [6, 6.07) is 5.93. The molecule has 31 heavy (non-hydrogen) atoms. The van der Waals surface area contributed by atoms with E-state index in [4.69, 9.17) is 19.9 Å². The summed E-state index contributed by atoms with van der Waals surface area (Å²) >= 11 is 0. The number of β-amino-alcohol motifs (C(OH)–C–C–N with tert-alkyl or cyclic N) is 1. The Labute approximate surface area is 200 Å². The maximum absolute atomic E-state index is 10.5. The average molecular weight is 482 g/mol. The van der Waals surface area contributed by atoms with E-state index in [9.17, 15) is 5.11 Å². The van der Waals surface area contributed by atoms with Crippen molar-refractivity contribution >= 4 is 24.8 Å². The minimum atomic E-state index is -0.466. The van der Waals surface area contributed by atoms with Crippen LogP contribution in [0.25, 0.3) is 0 Å². The van der Waals surface area contributed by atoms with Crippen LogP contribution in [0.4, 0.5) is 0 Å². The van der Waals surface area contributed by atoms with Crippen LogP contribution in [0.1, 0.15) is 38.7 Å². The third-order valence-corrected chi connectivity index (χ3v) is 5.88. The van der Waals surface area contributed by atoms with Crippen molar-refractivity contribution in [2.45, 2.75) is 51.7 Å². The molecular formula is C23H42Cl2N2O4. The molecular weight excluding hydrogens is 439 g/mol. The number of benzene rings is 1. The number of halogens is 2. The van der Waals surface area contributed by atoms with Crippen LogP contribution in [0.15, 0.2) is 18.2 Å². The van der Waals surface area contributed by atoms with Crippen molar-refractivity contribution in [3.05, 3.63) is 23.8 Å². The van der Waals surface area contributed by atoms with Crippen molar-refractivity contribution < 1.29 is 19.3 Å². The van der Waals surface area contributed by atoms with Crippen LogP contribution in [-0.4, -0.2) is 69.2 Å². The first kappa shape index (κ1) is 30.2. The molecule has 0 amide bonds. The molecule has 0 unspecified atom stereocenters. The van der Waals surface area contributed by atoms with Gasteiger partial charge < -0.3 is 30.0 Å². The molecule has 0 aromatic heterocycles. The maximum Gasteiger partial charge on any atom is 0.161 e. The van der Waals surface area contributed by atoms with Crippen molar-refractivity contribution in [1.82, 2.24) is 4.90 Å². The summed E-state index contributed by atoms with van der Waals surface area (Å²) in [5.74, 6) is 2.39. The van der Waals surface area contributed by atoms with Crippen molar-refractivity contribution in [2.75, 3.05) is 47.1 Å². The number of nitrogens with zero attached hydrogens (tertiary/aromatic N) is 1. The number of aliphatic hydroxyl groups excluding tert-OH is 1. The van der Waals surface area contributed by atoms with E-state index in [-0.39, 0.29) is 30.9 Å². The van der Waals surface area contributed by atoms with Crippen LogP contribution in [0.2, 0.25) is 0 Å². The van der Waals surface area contributed by atoms with Crippen molar-refractivity contribution in [2.24, 2.45) is 17.6 Å². The predicted octanol–water partition coefficient (Wildman–Crippen LogP) is 3.55. The first-order valence-corrected chi connectivity index (χ1v) is 10.9. The van der Waals surface area contributed by atoms with E-state index in [2.05, 4.69) is 30.9 Å². The molecule has 6 nitrogen and oxygen atoms in total. The van der Waals surface area contributed by atoms with Crippen LogP contribution < -0.4 is 15.2 Å². The second kappa shape index (κ2) is 15.9. The second-order valence-electron chi connectivity index (χ2n) is 8.51. The molecule has 3 atom stereocenters. The van der Waals surface area contributed by atoms with E-state index >= 15 is 0 Å². The molecule has 3 N–H and O–H groups in total. The predicted molar refractivity (Wildman–Crippen MR) is 131 cm³/mol. The summed E-state index contributed by atoms with van der Waals surface area (Å²) in [6.07, 6.45) is 3.31. The topological polar surface area (TPSA) is 77.2 Å². The van der Waals surface area contributed by atoms with Gasteiger partial charge in [0.1, 0.15) is 0 Å². The molecule has 8 heteroatoms. The van der Waals surface area contributed by atoms with Gasteiger partial charge in [0.15, 0.2) is 11.5 Å². The summed E-state index contributed by atoms with van der Waals surface area (Å²) in [7, 11) is 3.35. The summed E-state index contributed by atoms with van der Waals surface area (Å²) in [5.41, 5.74) is 7.58. The zero-order valence-corrected chi connectivity index (χ0v) is 21.1. The lowest BCUT2D eigenvalue weighted by atomic mass is 9.83. The SMILES string of the molecule is COCCCOc1cc(C[C@@H](C[C@H](N)[C@@H](O)CN2CCC2)C(C)C)ccc1OC.Cl.Cl. The number of rotatable bonds is 14. The highest BCUT2D eigenvalue weighted by Crippen LogP contribution is 2.31. The Hall–Kier alpha value is -0.760. The van der Waals surface area contributed by atoms with Crippen molar-refractivity contribution in [3.8, 4) is 11.5 Å². The molecule has 0 bridgehead atoms. The lowest BCUT2D eigenvalue weighted by Crippen LogP contribution is -2.49. The Morgan fingerprint density at radius 2 is 1.81 bits per heavy atom. The van der Waals surface area contributed by atoms with Gasteiger partial charge in [0, 0.05) is 32.7 Å². The van der Waals surface area contributed by atoms with E-state index in [0.717, 1.165) is 43.9 Å². The molecule has 182 valence electrons. The van der Waals surface area contributed by atoms with Crippen LogP contribution in [0.5, 0.6) is 11.5 Å². The quantitative estimate of drug-likeness (QED) is 0.396. The minimum absolute atomic E-state index is 0. The van der Waals surface area contributed by atoms with E-state index in [1.165, 1.54) is 12.0 Å². The molecule has 1 saturated heterocycles. The van der Waals surface area contributed by atoms with Gasteiger partial charge in [-0.3, -0.25) is 0 Å². The number of ether oxygens (including phenoxy) is 3. The number of nitrogens with two attached hydrogens (primary N) is 1. The van der Waals surface area contributed by atoms with Crippen LogP contribution in [0, 0.1) is 11.8 Å². The standard InChI is InChI=1S/C23H40N2O4.2ClH/c1-17(2)19(15-20(24)21(26)16-25-9-5-10-25)13-18-7-8-22(28-4)23(14-18)29-12-6-11-27-3;;/h7-8,14,17,19-21,26H,5-6,9-13,15-16,24H2,1-4H3;2*1H/t19-,20-,21-;;/m0../s1. The Bertz CT molecular complexity index is 603. The molecule has 0 radical (unpaired) electrons. The number of hydrogen-bond donors (Lipinski definition) is 2. The van der Waals surface area contributed by atoms with Gasteiger partial charge >= 0.3 is 0 Å². The summed E-state index contributed by atoms with van der Waals surface area (Å²) in [4.78, 5) is 2.27. The first-order valence-electron chi connectivity index (χ1n) is 10.9. The molecule has 1 aliphatic heterocycles. The zero-order chi connectivity index (χ0) is 21.2. The molecule has 1 aliphatic rings. The van der Waals surface area contributed by atoms with Gasteiger partial charge in [-0.05, 0) is 61.9 Å². The Morgan fingerprint density at radius 1 is 1.10 bits per heavy atom. The highest BCUT2D eigenvalue weighted by Gasteiger charge is 2.26. The maximum atomic E-state index is 10.5. The monoisotopic (exact) mass is 480 g/mol. The van der Waals surface area contributed by atoms with Gasteiger partial charge in [-0.2, -0.15) is 0 Å². The molecule has 0 aliphatic carbocycles. The van der Waals surface area contributed by atoms with Crippen LogP contribution >= 0.6 is 24.8 Å². The van der Waals surface area contributed by atoms with Gasteiger partial charge in [-0.1, -0.05) is 19.9 Å². The summed E-state index contributed by atoms with van der Waals surface area (Å²) < 4.78 is 16.4. The van der Waals surface area contributed by atoms with Crippen molar-refractivity contribution in [1.29, 1.82) is 0 Å². The Morgan fingerprint density at radius 3 is 2.35 bits per heavy atom. The largest absolute Gasteiger partial charge is 0.493 e. The van der Waals surface area contributed by atoms with E-state index in [1.54, 1.807) is 14.2 Å². The van der Waals surface area contributed by atoms with Gasteiger partial charge in [0.25, 0.3) is 0 Å². The van der Waals surface area contributed by atoms with Gasteiger partial charge in [0.2, 0.25) is 0 Å². The number of aliphatic hydroxyl groups is 1. The second-order valence-corrected chi connectivity index (χ2v) is 8.51. The third-order valence-electron chi connectivity index (χ3n) is 5.88. The lowest BCUT2D eigenvalue weighted by molar-refractivity contribution is 0.0551. The van der Waals surface area contributed by atoms with Crippen molar-refractivity contribution in [3.63, 3.8) is 0 Å². The number of methoxy groups -OCH3 is 2. The fraction of sp³-hybridized carbons (Fsp3) is 0.739. The molecule has 2 rings (SSSR count). The normalized spacial score (nSPS) is 16.5. The van der Waals surface area contributed by atoms with Gasteiger partial charge in [0.05, 0.1) is 19.8 Å². The van der Waals surface area contributed by atoms with E-state index < -0.39 is 6.10 Å². The van der Waals surface area contributed by atoms with Gasteiger partial charge in [-0.25, -0.2) is 0 Å². The number of likely N-dealkylation sites (tertiary alicyclic amines) is 1. The highest BCUT2D eigenvalue weighted by molar-refractivity contribution is 5.85. The molecule has 0 saturated carbocycles. The summed E-state index contributed by atoms with van der Waals surface area (Å²) in [5, 5.41) is 10.5. The molecule has 1 aromatic carbocycles. The molecule has 1 heterocycles. The number of hydrogen-bond acceptors (Lipinski definition) is 6. The smallest absolute Gasteiger partial charge is 0.161 e. The Balaban J connectivity index is 0.00000450. The molecule has 1 aromatic rings. The summed E-state index contributed by atoms with van der Waals surface area (Å²) in [6.45, 7) is 8.57. The average Bonchev–Trinajstić information content (AvgIpc) is 2.67. The van der Waals surface area contributed by atoms with Crippen LogP contribution in [-0.2, 0) is 11.2 Å².